The number of halogens is 1. The van der Waals surface area contributed by atoms with E-state index >= 15 is 0 Å². The van der Waals surface area contributed by atoms with Gasteiger partial charge < -0.3 is 10.6 Å². The van der Waals surface area contributed by atoms with Crippen molar-refractivity contribution in [1.82, 2.24) is 15.6 Å². The quantitative estimate of drug-likeness (QED) is 0.802. The van der Waals surface area contributed by atoms with Gasteiger partial charge in [0.2, 0.25) is 5.91 Å². The molecule has 4 nitrogen and oxygen atoms in total. The predicted molar refractivity (Wildman–Crippen MR) is 108 cm³/mol. The van der Waals surface area contributed by atoms with Gasteiger partial charge in [-0.25, -0.2) is 4.98 Å². The third kappa shape index (κ3) is 4.97. The summed E-state index contributed by atoms with van der Waals surface area (Å²) in [7, 11) is 0. The molecule has 0 bridgehead atoms. The molecule has 1 fully saturated rings. The molecule has 25 heavy (non-hydrogen) atoms. The van der Waals surface area contributed by atoms with Gasteiger partial charge in [0.05, 0.1) is 16.6 Å². The van der Waals surface area contributed by atoms with Crippen LogP contribution in [-0.2, 0) is 4.79 Å². The van der Waals surface area contributed by atoms with Crippen molar-refractivity contribution < 1.29 is 4.79 Å². The number of carbonyl (C=O) groups is 1. The van der Waals surface area contributed by atoms with E-state index in [-0.39, 0.29) is 18.0 Å². The molecule has 1 aliphatic heterocycles. The summed E-state index contributed by atoms with van der Waals surface area (Å²) < 4.78 is 0. The van der Waals surface area contributed by atoms with E-state index < -0.39 is 0 Å². The number of thiazole rings is 1. The van der Waals surface area contributed by atoms with Crippen molar-refractivity contribution in [3.05, 3.63) is 39.9 Å². The zero-order valence-electron chi connectivity index (χ0n) is 14.3. The van der Waals surface area contributed by atoms with Gasteiger partial charge in [-0.05, 0) is 26.0 Å². The van der Waals surface area contributed by atoms with E-state index in [1.807, 2.05) is 49.9 Å². The number of thioether (sulfide) groups is 1. The molecule has 134 valence electrons. The molecule has 3 rings (SSSR count). The Morgan fingerprint density at radius 2 is 2.20 bits per heavy atom. The van der Waals surface area contributed by atoms with E-state index in [4.69, 9.17) is 11.6 Å². The first-order valence-corrected chi connectivity index (χ1v) is 10.7. The van der Waals surface area contributed by atoms with Gasteiger partial charge in [-0.1, -0.05) is 23.7 Å². The second-order valence-electron chi connectivity index (χ2n) is 6.19. The zero-order chi connectivity index (χ0) is 17.8. The van der Waals surface area contributed by atoms with Gasteiger partial charge in [0.25, 0.3) is 0 Å². The maximum Gasteiger partial charge on any atom is 0.222 e. The number of amides is 1. The van der Waals surface area contributed by atoms with Crippen molar-refractivity contribution in [2.45, 2.75) is 32.4 Å². The van der Waals surface area contributed by atoms with E-state index in [1.165, 1.54) is 0 Å². The fourth-order valence-corrected chi connectivity index (χ4v) is 5.02. The van der Waals surface area contributed by atoms with E-state index in [0.717, 1.165) is 39.2 Å². The Morgan fingerprint density at radius 3 is 2.88 bits per heavy atom. The Bertz CT molecular complexity index is 726. The Morgan fingerprint density at radius 1 is 1.44 bits per heavy atom. The Kier molecular flexibility index (Phi) is 6.39. The van der Waals surface area contributed by atoms with Crippen LogP contribution in [0.25, 0.3) is 10.6 Å². The predicted octanol–water partition coefficient (Wildman–Crippen LogP) is 4.04. The number of rotatable bonds is 5. The first kappa shape index (κ1) is 18.7. The number of aryl methyl sites for hydroxylation is 1. The van der Waals surface area contributed by atoms with E-state index in [1.54, 1.807) is 11.3 Å². The van der Waals surface area contributed by atoms with E-state index in [0.29, 0.717) is 11.4 Å². The summed E-state index contributed by atoms with van der Waals surface area (Å²) >= 11 is 9.48. The van der Waals surface area contributed by atoms with Crippen molar-refractivity contribution in [3.63, 3.8) is 0 Å². The van der Waals surface area contributed by atoms with Crippen molar-refractivity contribution in [3.8, 4) is 10.6 Å². The largest absolute Gasteiger partial charge is 0.349 e. The standard InChI is InChI=1S/C18H22ClN3OS2/c1-11(21-16(23)9-15-10-24-8-7-20-15)17-12(2)22-18(25-17)13-3-5-14(19)6-4-13/h3-6,11,15,20H,7-10H2,1-2H3,(H,21,23). The van der Waals surface area contributed by atoms with Crippen LogP contribution in [0.3, 0.4) is 0 Å². The number of benzene rings is 1. The molecule has 1 aliphatic rings. The molecule has 0 saturated carbocycles. The molecular formula is C18H22ClN3OS2. The molecule has 0 aliphatic carbocycles. The fourth-order valence-electron chi connectivity index (χ4n) is 2.87. The molecule has 0 radical (unpaired) electrons. The van der Waals surface area contributed by atoms with Crippen LogP contribution in [0.2, 0.25) is 5.02 Å². The molecule has 2 unspecified atom stereocenters. The molecule has 2 N–H and O–H groups in total. The summed E-state index contributed by atoms with van der Waals surface area (Å²) in [6.45, 7) is 5.00. The van der Waals surface area contributed by atoms with Crippen LogP contribution >= 0.6 is 34.7 Å². The highest BCUT2D eigenvalue weighted by atomic mass is 35.5. The van der Waals surface area contributed by atoms with E-state index in [2.05, 4.69) is 15.6 Å². The third-order valence-electron chi connectivity index (χ3n) is 4.12. The smallest absolute Gasteiger partial charge is 0.222 e. The number of hydrogen-bond acceptors (Lipinski definition) is 5. The van der Waals surface area contributed by atoms with Gasteiger partial charge in [-0.3, -0.25) is 4.79 Å². The van der Waals surface area contributed by atoms with Crippen LogP contribution in [0.15, 0.2) is 24.3 Å². The van der Waals surface area contributed by atoms with Gasteiger partial charge in [-0.2, -0.15) is 11.8 Å². The Labute approximate surface area is 161 Å². The van der Waals surface area contributed by atoms with E-state index in [9.17, 15) is 4.79 Å². The Hall–Kier alpha value is -1.08. The average Bonchev–Trinajstić information content (AvgIpc) is 2.98. The first-order valence-electron chi connectivity index (χ1n) is 8.36. The average molecular weight is 396 g/mol. The molecular weight excluding hydrogens is 374 g/mol. The van der Waals surface area contributed by atoms with Crippen LogP contribution in [0, 0.1) is 6.92 Å². The van der Waals surface area contributed by atoms with Gasteiger partial charge in [0.1, 0.15) is 5.01 Å². The topological polar surface area (TPSA) is 54.0 Å². The monoisotopic (exact) mass is 395 g/mol. The van der Waals surface area contributed by atoms with Crippen LogP contribution in [0.4, 0.5) is 0 Å². The number of nitrogens with zero attached hydrogens (tertiary/aromatic N) is 1. The number of nitrogens with one attached hydrogen (secondary N) is 2. The van der Waals surface area contributed by atoms with Gasteiger partial charge >= 0.3 is 0 Å². The lowest BCUT2D eigenvalue weighted by atomic mass is 10.2. The maximum atomic E-state index is 12.3. The highest BCUT2D eigenvalue weighted by molar-refractivity contribution is 7.99. The summed E-state index contributed by atoms with van der Waals surface area (Å²) in [5, 5.41) is 8.19. The van der Waals surface area contributed by atoms with Crippen LogP contribution < -0.4 is 10.6 Å². The molecule has 1 saturated heterocycles. The lowest BCUT2D eigenvalue weighted by Gasteiger charge is -2.23. The Balaban J connectivity index is 1.64. The molecule has 7 heteroatoms. The molecule has 0 spiro atoms. The summed E-state index contributed by atoms with van der Waals surface area (Å²) in [5.74, 6) is 2.22. The maximum absolute atomic E-state index is 12.3. The van der Waals surface area contributed by atoms with Gasteiger partial charge in [0, 0.05) is 41.1 Å². The molecule has 1 amide bonds. The number of aromatic nitrogens is 1. The lowest BCUT2D eigenvalue weighted by molar-refractivity contribution is -0.122. The van der Waals surface area contributed by atoms with Crippen molar-refractivity contribution >= 4 is 40.6 Å². The minimum Gasteiger partial charge on any atom is -0.349 e. The first-order chi connectivity index (χ1) is 12.0. The van der Waals surface area contributed by atoms with Crippen LogP contribution in [0.1, 0.15) is 30.0 Å². The second-order valence-corrected chi connectivity index (χ2v) is 8.81. The minimum atomic E-state index is -0.0395. The summed E-state index contributed by atoms with van der Waals surface area (Å²) in [6.07, 6.45) is 0.527. The van der Waals surface area contributed by atoms with Crippen LogP contribution in [0.5, 0.6) is 0 Å². The lowest BCUT2D eigenvalue weighted by Crippen LogP contribution is -2.41. The van der Waals surface area contributed by atoms with Crippen molar-refractivity contribution in [1.29, 1.82) is 0 Å². The normalized spacial score (nSPS) is 18.8. The number of hydrogen-bond donors (Lipinski definition) is 2. The highest BCUT2D eigenvalue weighted by Gasteiger charge is 2.20. The fraction of sp³-hybridized carbons (Fsp3) is 0.444. The minimum absolute atomic E-state index is 0.0395. The molecule has 2 atom stereocenters. The summed E-state index contributed by atoms with van der Waals surface area (Å²) in [6, 6.07) is 7.92. The second kappa shape index (κ2) is 8.54. The van der Waals surface area contributed by atoms with Crippen LogP contribution in [-0.4, -0.2) is 35.0 Å². The van der Waals surface area contributed by atoms with Crippen molar-refractivity contribution in [2.75, 3.05) is 18.1 Å². The SMILES string of the molecule is Cc1nc(-c2ccc(Cl)cc2)sc1C(C)NC(=O)CC1CSCCN1. The zero-order valence-corrected chi connectivity index (χ0v) is 16.7. The number of carbonyl (C=O) groups excluding carboxylic acids is 1. The summed E-state index contributed by atoms with van der Waals surface area (Å²) in [4.78, 5) is 18.1. The van der Waals surface area contributed by atoms with Gasteiger partial charge in [0.15, 0.2) is 0 Å². The third-order valence-corrected chi connectivity index (χ3v) is 6.90. The van der Waals surface area contributed by atoms with Crippen molar-refractivity contribution in [2.24, 2.45) is 0 Å². The molecule has 2 aromatic rings. The highest BCUT2D eigenvalue weighted by Crippen LogP contribution is 2.32. The molecule has 2 heterocycles. The summed E-state index contributed by atoms with van der Waals surface area (Å²) in [5.41, 5.74) is 2.01. The van der Waals surface area contributed by atoms with Gasteiger partial charge in [-0.15, -0.1) is 11.3 Å². The molecule has 1 aromatic carbocycles. The molecule has 1 aromatic heterocycles.